The first-order valence-electron chi connectivity index (χ1n) is 5.36. The van der Waals surface area contributed by atoms with E-state index in [9.17, 15) is 14.3 Å². The molecule has 0 aliphatic carbocycles. The van der Waals surface area contributed by atoms with Gasteiger partial charge in [0.1, 0.15) is 17.1 Å². The Bertz CT molecular complexity index is 576. The number of carbonyl (C=O) groups is 1. The normalized spacial score (nSPS) is 10.3. The number of halogens is 1. The van der Waals surface area contributed by atoms with Crippen molar-refractivity contribution in [3.63, 3.8) is 0 Å². The minimum atomic E-state index is -1.17. The molecule has 0 aromatic heterocycles. The molecule has 0 saturated heterocycles. The van der Waals surface area contributed by atoms with E-state index in [1.54, 1.807) is 18.2 Å². The van der Waals surface area contributed by atoms with Crippen LogP contribution in [0.1, 0.15) is 21.5 Å². The summed E-state index contributed by atoms with van der Waals surface area (Å²) in [7, 11) is 0. The van der Waals surface area contributed by atoms with Crippen LogP contribution >= 0.6 is 0 Å². The Morgan fingerprint density at radius 2 is 1.67 bits per heavy atom. The lowest BCUT2D eigenvalue weighted by Gasteiger charge is -2.05. The van der Waals surface area contributed by atoms with Gasteiger partial charge in [-0.3, -0.25) is 0 Å². The van der Waals surface area contributed by atoms with Crippen molar-refractivity contribution in [1.82, 2.24) is 0 Å². The van der Waals surface area contributed by atoms with Gasteiger partial charge in [0.25, 0.3) is 0 Å². The van der Waals surface area contributed by atoms with Gasteiger partial charge in [0, 0.05) is 0 Å². The van der Waals surface area contributed by atoms with Crippen LogP contribution < -0.4 is 0 Å². The summed E-state index contributed by atoms with van der Waals surface area (Å²) in [6.07, 6.45) is 0.487. The van der Waals surface area contributed by atoms with Crippen LogP contribution in [0.15, 0.2) is 42.5 Å². The molecular weight excluding hydrogens is 235 g/mol. The Balaban J connectivity index is 2.27. The Labute approximate surface area is 103 Å². The van der Waals surface area contributed by atoms with E-state index in [2.05, 4.69) is 0 Å². The number of aromatic carboxylic acids is 1. The second-order valence-corrected chi connectivity index (χ2v) is 3.96. The maximum absolute atomic E-state index is 12.7. The van der Waals surface area contributed by atoms with Crippen molar-refractivity contribution in [2.45, 2.75) is 6.42 Å². The molecule has 2 rings (SSSR count). The summed E-state index contributed by atoms with van der Waals surface area (Å²) in [5, 5.41) is 18.3. The van der Waals surface area contributed by atoms with E-state index in [0.29, 0.717) is 6.42 Å². The molecule has 0 bridgehead atoms. The van der Waals surface area contributed by atoms with Crippen LogP contribution in [0, 0.1) is 5.82 Å². The zero-order valence-electron chi connectivity index (χ0n) is 9.43. The second kappa shape index (κ2) is 4.87. The fourth-order valence-corrected chi connectivity index (χ4v) is 1.70. The predicted octanol–water partition coefficient (Wildman–Crippen LogP) is 2.82. The summed E-state index contributed by atoms with van der Waals surface area (Å²) >= 11 is 0. The molecule has 0 aliphatic rings. The number of benzene rings is 2. The minimum absolute atomic E-state index is 0.130. The molecule has 4 heteroatoms. The first-order valence-corrected chi connectivity index (χ1v) is 5.36. The third kappa shape index (κ3) is 2.66. The van der Waals surface area contributed by atoms with Gasteiger partial charge in [0.15, 0.2) is 0 Å². The number of phenols is 1. The highest BCUT2D eigenvalue weighted by molar-refractivity contribution is 5.90. The lowest BCUT2D eigenvalue weighted by Crippen LogP contribution is -1.98. The minimum Gasteiger partial charge on any atom is -0.507 e. The molecule has 0 spiro atoms. The van der Waals surface area contributed by atoms with Crippen LogP contribution in [0.4, 0.5) is 4.39 Å². The highest BCUT2D eigenvalue weighted by Gasteiger charge is 2.10. The average molecular weight is 246 g/mol. The van der Waals surface area contributed by atoms with Crippen molar-refractivity contribution in [2.24, 2.45) is 0 Å². The molecule has 0 radical (unpaired) electrons. The summed E-state index contributed by atoms with van der Waals surface area (Å²) in [6.45, 7) is 0. The average Bonchev–Trinajstić information content (AvgIpc) is 2.34. The van der Waals surface area contributed by atoms with Gasteiger partial charge in [-0.1, -0.05) is 18.2 Å². The van der Waals surface area contributed by atoms with Crippen LogP contribution in [-0.4, -0.2) is 16.2 Å². The molecule has 0 atom stereocenters. The summed E-state index contributed by atoms with van der Waals surface area (Å²) in [5.74, 6) is -1.74. The van der Waals surface area contributed by atoms with Crippen LogP contribution in [-0.2, 0) is 6.42 Å². The molecule has 0 fully saturated rings. The fraction of sp³-hybridized carbons (Fsp3) is 0.0714. The van der Waals surface area contributed by atoms with Gasteiger partial charge in [-0.2, -0.15) is 0 Å². The first-order chi connectivity index (χ1) is 8.56. The van der Waals surface area contributed by atoms with Gasteiger partial charge in [-0.05, 0) is 41.8 Å². The molecular formula is C14H11FO3. The summed E-state index contributed by atoms with van der Waals surface area (Å²) < 4.78 is 12.7. The number of carboxylic acids is 1. The van der Waals surface area contributed by atoms with Crippen molar-refractivity contribution in [1.29, 1.82) is 0 Å². The number of hydrogen-bond acceptors (Lipinski definition) is 2. The Kier molecular flexibility index (Phi) is 3.28. The van der Waals surface area contributed by atoms with E-state index >= 15 is 0 Å². The Hall–Kier alpha value is -2.36. The second-order valence-electron chi connectivity index (χ2n) is 3.96. The predicted molar refractivity (Wildman–Crippen MR) is 64.3 cm³/mol. The Morgan fingerprint density at radius 3 is 2.28 bits per heavy atom. The van der Waals surface area contributed by atoms with Gasteiger partial charge in [-0.25, -0.2) is 9.18 Å². The zero-order valence-corrected chi connectivity index (χ0v) is 9.43. The zero-order chi connectivity index (χ0) is 13.1. The molecule has 2 aromatic carbocycles. The molecule has 18 heavy (non-hydrogen) atoms. The number of rotatable bonds is 3. The van der Waals surface area contributed by atoms with Crippen molar-refractivity contribution in [2.75, 3.05) is 0 Å². The summed E-state index contributed by atoms with van der Waals surface area (Å²) in [5.41, 5.74) is 1.49. The highest BCUT2D eigenvalue weighted by Crippen LogP contribution is 2.20. The molecule has 0 amide bonds. The lowest BCUT2D eigenvalue weighted by atomic mass is 10.0. The number of aromatic hydroxyl groups is 1. The van der Waals surface area contributed by atoms with E-state index in [1.807, 2.05) is 0 Å². The van der Waals surface area contributed by atoms with Crippen molar-refractivity contribution >= 4 is 5.97 Å². The van der Waals surface area contributed by atoms with Gasteiger partial charge in [0.05, 0.1) is 0 Å². The highest BCUT2D eigenvalue weighted by atomic mass is 19.1. The maximum atomic E-state index is 12.7. The largest absolute Gasteiger partial charge is 0.507 e. The fourth-order valence-electron chi connectivity index (χ4n) is 1.70. The van der Waals surface area contributed by atoms with E-state index in [0.717, 1.165) is 11.1 Å². The van der Waals surface area contributed by atoms with Crippen molar-refractivity contribution < 1.29 is 19.4 Å². The monoisotopic (exact) mass is 246 g/mol. The number of carboxylic acid groups (broad SMARTS) is 1. The topological polar surface area (TPSA) is 57.5 Å². The van der Waals surface area contributed by atoms with Crippen LogP contribution in [0.5, 0.6) is 5.75 Å². The smallest absolute Gasteiger partial charge is 0.339 e. The molecule has 3 nitrogen and oxygen atoms in total. The van der Waals surface area contributed by atoms with E-state index in [-0.39, 0.29) is 17.1 Å². The van der Waals surface area contributed by atoms with Crippen molar-refractivity contribution in [3.8, 4) is 5.75 Å². The molecule has 0 unspecified atom stereocenters. The molecule has 2 N–H and O–H groups in total. The van der Waals surface area contributed by atoms with Gasteiger partial charge in [-0.15, -0.1) is 0 Å². The molecule has 0 saturated carbocycles. The molecule has 92 valence electrons. The van der Waals surface area contributed by atoms with E-state index in [4.69, 9.17) is 5.11 Å². The third-order valence-corrected chi connectivity index (χ3v) is 2.61. The Morgan fingerprint density at radius 1 is 1.06 bits per heavy atom. The maximum Gasteiger partial charge on any atom is 0.339 e. The van der Waals surface area contributed by atoms with E-state index < -0.39 is 5.97 Å². The SMILES string of the molecule is O=C(O)c1cc(Cc2ccc(F)cc2)ccc1O. The van der Waals surface area contributed by atoms with Crippen LogP contribution in [0.3, 0.4) is 0 Å². The lowest BCUT2D eigenvalue weighted by molar-refractivity contribution is 0.0693. The first kappa shape index (κ1) is 12.1. The van der Waals surface area contributed by atoms with Crippen LogP contribution in [0.25, 0.3) is 0 Å². The number of hydrogen-bond donors (Lipinski definition) is 2. The van der Waals surface area contributed by atoms with Gasteiger partial charge < -0.3 is 10.2 Å². The molecule has 0 aliphatic heterocycles. The quantitative estimate of drug-likeness (QED) is 0.875. The summed E-state index contributed by atoms with van der Waals surface area (Å²) in [4.78, 5) is 10.9. The molecule has 0 heterocycles. The van der Waals surface area contributed by atoms with Crippen molar-refractivity contribution in [3.05, 3.63) is 65.0 Å². The van der Waals surface area contributed by atoms with Gasteiger partial charge in [0.2, 0.25) is 0 Å². The van der Waals surface area contributed by atoms with Crippen LogP contribution in [0.2, 0.25) is 0 Å². The standard InChI is InChI=1S/C14H11FO3/c15-11-4-1-9(2-5-11)7-10-3-6-13(16)12(8-10)14(17)18/h1-6,8,16H,7H2,(H,17,18). The van der Waals surface area contributed by atoms with Gasteiger partial charge >= 0.3 is 5.97 Å². The third-order valence-electron chi connectivity index (χ3n) is 2.61. The van der Waals surface area contributed by atoms with E-state index in [1.165, 1.54) is 24.3 Å². The molecule has 2 aromatic rings. The summed E-state index contributed by atoms with van der Waals surface area (Å²) in [6, 6.07) is 10.4.